The van der Waals surface area contributed by atoms with E-state index >= 15 is 0 Å². The Balaban J connectivity index is 1.20. The Hall–Kier alpha value is -4.70. The minimum Gasteiger partial charge on any atom is -0.493 e. The van der Waals surface area contributed by atoms with Crippen LogP contribution in [0.2, 0.25) is 0 Å². The van der Waals surface area contributed by atoms with Crippen LogP contribution in [0.5, 0.6) is 23.0 Å². The molecule has 0 bridgehead atoms. The van der Waals surface area contributed by atoms with Crippen molar-refractivity contribution in [1.29, 1.82) is 0 Å². The first-order chi connectivity index (χ1) is 21.0. The van der Waals surface area contributed by atoms with Gasteiger partial charge < -0.3 is 19.1 Å². The molecule has 224 valence electrons. The average molecular weight is 586 g/mol. The van der Waals surface area contributed by atoms with Crippen LogP contribution in [0.3, 0.4) is 0 Å². The summed E-state index contributed by atoms with van der Waals surface area (Å²) in [5.41, 5.74) is 6.81. The topological polar surface area (TPSA) is 97.3 Å². The molecular weight excluding hydrogens is 549 g/mol. The molecule has 1 fully saturated rings. The number of amides is 2. The highest BCUT2D eigenvalue weighted by molar-refractivity contribution is 5.91. The van der Waals surface area contributed by atoms with Crippen LogP contribution >= 0.6 is 0 Å². The first-order valence-electron chi connectivity index (χ1n) is 14.4. The second-order valence-corrected chi connectivity index (χ2v) is 10.5. The van der Waals surface area contributed by atoms with E-state index in [0.717, 1.165) is 37.5 Å². The molecule has 2 amide bonds. The van der Waals surface area contributed by atoms with Gasteiger partial charge in [-0.3, -0.25) is 10.4 Å². The number of rotatable bonds is 11. The van der Waals surface area contributed by atoms with E-state index in [9.17, 15) is 9.18 Å². The number of carbonyl (C=O) groups excluding carboxylic acids is 1. The van der Waals surface area contributed by atoms with Crippen molar-refractivity contribution >= 4 is 28.8 Å². The summed E-state index contributed by atoms with van der Waals surface area (Å²) < 4.78 is 32.6. The van der Waals surface area contributed by atoms with E-state index in [-0.39, 0.29) is 5.75 Å². The second-order valence-electron chi connectivity index (χ2n) is 10.5. The number of nitrogens with zero attached hydrogens (tertiary/aromatic N) is 3. The van der Waals surface area contributed by atoms with E-state index in [1.165, 1.54) is 31.2 Å². The third kappa shape index (κ3) is 8.20. The fourth-order valence-corrected chi connectivity index (χ4v) is 4.86. The van der Waals surface area contributed by atoms with E-state index in [0.29, 0.717) is 40.4 Å². The smallest absolute Gasteiger partial charge is 0.359 e. The molecule has 0 spiro atoms. The van der Waals surface area contributed by atoms with Gasteiger partial charge >= 0.3 is 6.03 Å². The van der Waals surface area contributed by atoms with Gasteiger partial charge in [0.05, 0.1) is 24.9 Å². The lowest BCUT2D eigenvalue weighted by molar-refractivity contribution is 0.176. The van der Waals surface area contributed by atoms with Crippen molar-refractivity contribution in [2.24, 2.45) is 10.9 Å². The van der Waals surface area contributed by atoms with Crippen molar-refractivity contribution in [2.45, 2.75) is 26.2 Å². The summed E-state index contributed by atoms with van der Waals surface area (Å²) >= 11 is 0. The first kappa shape index (κ1) is 29.8. The molecule has 0 aliphatic carbocycles. The van der Waals surface area contributed by atoms with Gasteiger partial charge in [0.1, 0.15) is 5.75 Å². The summed E-state index contributed by atoms with van der Waals surface area (Å²) in [6.07, 6.45) is 6.47. The van der Waals surface area contributed by atoms with Gasteiger partial charge in [0, 0.05) is 36.5 Å². The van der Waals surface area contributed by atoms with E-state index in [2.05, 4.69) is 32.7 Å². The minimum atomic E-state index is -0.623. The van der Waals surface area contributed by atoms with Crippen molar-refractivity contribution in [3.63, 3.8) is 0 Å². The number of pyridine rings is 1. The molecule has 2 N–H and O–H groups in total. The van der Waals surface area contributed by atoms with Gasteiger partial charge in [-0.1, -0.05) is 37.3 Å². The van der Waals surface area contributed by atoms with Gasteiger partial charge in [-0.15, -0.1) is 0 Å². The number of aliphatic imine (C=N–C) groups is 1. The van der Waals surface area contributed by atoms with Crippen LogP contribution in [-0.2, 0) is 0 Å². The Labute approximate surface area is 250 Å². The Bertz CT molecular complexity index is 1560. The van der Waals surface area contributed by atoms with Crippen LogP contribution in [0.15, 0.2) is 77.9 Å². The molecule has 1 saturated heterocycles. The molecule has 5 rings (SSSR count). The van der Waals surface area contributed by atoms with Crippen molar-refractivity contribution in [3.8, 4) is 23.0 Å². The number of ether oxygens (including phenoxy) is 3. The average Bonchev–Trinajstić information content (AvgIpc) is 3.03. The van der Waals surface area contributed by atoms with Crippen molar-refractivity contribution in [2.75, 3.05) is 38.8 Å². The maximum absolute atomic E-state index is 15.0. The number of hydrazine groups is 1. The standard InChI is InChI=1S/C33H36FN5O4/c1-23-12-16-39(17-13-23)15-6-18-42-32-21-28-26(20-31(32)41-2)29(11-14-35-28)43-30-10-9-25(19-27(30)34)37-38-33(40)36-22-24-7-4-3-5-8-24/h3-5,7-11,14,19-23,37H,6,12-13,15-18H2,1-2H3,(H,38,40)/b36-22+. The van der Waals surface area contributed by atoms with E-state index < -0.39 is 11.8 Å². The number of anilines is 1. The summed E-state index contributed by atoms with van der Waals surface area (Å²) in [6.45, 7) is 6.18. The predicted molar refractivity (Wildman–Crippen MR) is 166 cm³/mol. The molecule has 2 heterocycles. The van der Waals surface area contributed by atoms with Gasteiger partial charge in [-0.2, -0.15) is 4.99 Å². The van der Waals surface area contributed by atoms with E-state index in [1.54, 1.807) is 31.5 Å². The zero-order chi connectivity index (χ0) is 30.0. The normalized spacial score (nSPS) is 14.1. The summed E-state index contributed by atoms with van der Waals surface area (Å²) in [6, 6.07) is 18.1. The highest BCUT2D eigenvalue weighted by Gasteiger charge is 2.16. The molecule has 1 aliphatic rings. The van der Waals surface area contributed by atoms with Gasteiger partial charge in [-0.05, 0) is 68.1 Å². The van der Waals surface area contributed by atoms with Crippen LogP contribution in [0.1, 0.15) is 31.7 Å². The van der Waals surface area contributed by atoms with Crippen LogP contribution in [-0.4, -0.2) is 55.5 Å². The molecule has 9 nitrogen and oxygen atoms in total. The third-order valence-corrected chi connectivity index (χ3v) is 7.34. The van der Waals surface area contributed by atoms with Crippen LogP contribution in [0, 0.1) is 11.7 Å². The number of benzene rings is 3. The van der Waals surface area contributed by atoms with Crippen molar-refractivity contribution < 1.29 is 23.4 Å². The Morgan fingerprint density at radius 2 is 1.86 bits per heavy atom. The van der Waals surface area contributed by atoms with Crippen LogP contribution < -0.4 is 25.1 Å². The highest BCUT2D eigenvalue weighted by Crippen LogP contribution is 2.38. The number of halogens is 1. The molecule has 0 radical (unpaired) electrons. The molecule has 0 saturated carbocycles. The number of carbonyl (C=O) groups is 1. The number of fused-ring (bicyclic) bond motifs is 1. The zero-order valence-electron chi connectivity index (χ0n) is 24.4. The number of likely N-dealkylation sites (tertiary alicyclic amines) is 1. The lowest BCUT2D eigenvalue weighted by Gasteiger charge is -2.30. The van der Waals surface area contributed by atoms with Crippen LogP contribution in [0.25, 0.3) is 10.9 Å². The Kier molecular flexibility index (Phi) is 10.0. The molecule has 1 aromatic heterocycles. The monoisotopic (exact) mass is 585 g/mol. The number of hydrogen-bond acceptors (Lipinski definition) is 7. The molecule has 10 heteroatoms. The lowest BCUT2D eigenvalue weighted by Crippen LogP contribution is -2.34. The SMILES string of the molecule is COc1cc2c(Oc3ccc(NNC(=O)/N=C/c4ccccc4)cc3F)ccnc2cc1OCCCN1CCC(C)CC1. The Morgan fingerprint density at radius 3 is 2.63 bits per heavy atom. The predicted octanol–water partition coefficient (Wildman–Crippen LogP) is 6.83. The summed E-state index contributed by atoms with van der Waals surface area (Å²) in [5, 5.41) is 0.652. The molecule has 3 aromatic carbocycles. The summed E-state index contributed by atoms with van der Waals surface area (Å²) in [4.78, 5) is 22.8. The molecule has 4 aromatic rings. The molecule has 1 aliphatic heterocycles. The first-order valence-corrected chi connectivity index (χ1v) is 14.4. The Morgan fingerprint density at radius 1 is 1.05 bits per heavy atom. The van der Waals surface area contributed by atoms with Gasteiger partial charge in [0.2, 0.25) is 0 Å². The number of urea groups is 1. The molecule has 43 heavy (non-hydrogen) atoms. The minimum absolute atomic E-state index is 0.0119. The number of methoxy groups -OCH3 is 1. The maximum atomic E-state index is 15.0. The van der Waals surface area contributed by atoms with Gasteiger partial charge in [-0.25, -0.2) is 14.6 Å². The largest absolute Gasteiger partial charge is 0.493 e. The van der Waals surface area contributed by atoms with Gasteiger partial charge in [0.25, 0.3) is 0 Å². The number of hydrogen-bond donors (Lipinski definition) is 2. The summed E-state index contributed by atoms with van der Waals surface area (Å²) in [5.74, 6) is 1.77. The number of aromatic nitrogens is 1. The highest BCUT2D eigenvalue weighted by atomic mass is 19.1. The second kappa shape index (κ2) is 14.5. The fraction of sp³-hybridized carbons (Fsp3) is 0.303. The van der Waals surface area contributed by atoms with Gasteiger partial charge in [0.15, 0.2) is 23.1 Å². The summed E-state index contributed by atoms with van der Waals surface area (Å²) in [7, 11) is 1.58. The molecule has 0 atom stereocenters. The molecule has 0 unspecified atom stereocenters. The van der Waals surface area contributed by atoms with E-state index in [1.807, 2.05) is 36.4 Å². The number of piperidine rings is 1. The quantitative estimate of drug-likeness (QED) is 0.113. The zero-order valence-corrected chi connectivity index (χ0v) is 24.4. The fourth-order valence-electron chi connectivity index (χ4n) is 4.86. The lowest BCUT2D eigenvalue weighted by atomic mass is 9.99. The maximum Gasteiger partial charge on any atom is 0.359 e. The van der Waals surface area contributed by atoms with Crippen molar-refractivity contribution in [1.82, 2.24) is 15.3 Å². The molecular formula is C33H36FN5O4. The van der Waals surface area contributed by atoms with Crippen LogP contribution in [0.4, 0.5) is 14.9 Å². The number of nitrogens with one attached hydrogen (secondary N) is 2. The van der Waals surface area contributed by atoms with E-state index in [4.69, 9.17) is 14.2 Å². The third-order valence-electron chi connectivity index (χ3n) is 7.34. The van der Waals surface area contributed by atoms with Crippen molar-refractivity contribution in [3.05, 3.63) is 84.3 Å².